The van der Waals surface area contributed by atoms with Gasteiger partial charge in [0.1, 0.15) is 0 Å². The van der Waals surface area contributed by atoms with Gasteiger partial charge in [-0.3, -0.25) is 0 Å². The zero-order valence-corrected chi connectivity index (χ0v) is 17.6. The van der Waals surface area contributed by atoms with E-state index in [1.54, 1.807) is 0 Å². The molecule has 26 heavy (non-hydrogen) atoms. The minimum absolute atomic E-state index is 0.000513. The number of carbonyl (C=O) groups excluding carboxylic acids is 2. The van der Waals surface area contributed by atoms with Gasteiger partial charge in [0.05, 0.1) is 0 Å². The van der Waals surface area contributed by atoms with Crippen LogP contribution in [0.15, 0.2) is 0 Å². The molecule has 6 heteroatoms. The first-order valence-corrected chi connectivity index (χ1v) is 11.9. The van der Waals surface area contributed by atoms with Gasteiger partial charge >= 0.3 is 161 Å². The summed E-state index contributed by atoms with van der Waals surface area (Å²) in [6.45, 7) is 7.72. The first-order valence-electron chi connectivity index (χ1n) is 10.1. The van der Waals surface area contributed by atoms with Gasteiger partial charge in [0.2, 0.25) is 0 Å². The Kier molecular flexibility index (Phi) is 3.47. The van der Waals surface area contributed by atoms with E-state index < -0.39 is 5.60 Å². The van der Waals surface area contributed by atoms with Gasteiger partial charge in [0.15, 0.2) is 0 Å². The summed E-state index contributed by atoms with van der Waals surface area (Å²) in [7, 11) is 0. The molecular formula is C20H29NO4Se. The van der Waals surface area contributed by atoms with Crippen molar-refractivity contribution in [3.8, 4) is 0 Å². The monoisotopic (exact) mass is 427 g/mol. The summed E-state index contributed by atoms with van der Waals surface area (Å²) in [5.41, 5.74) is -0.255. The number of esters is 1. The fraction of sp³-hybridized carbons (Fsp3) is 0.900. The summed E-state index contributed by atoms with van der Waals surface area (Å²) in [6.07, 6.45) is 7.22. The SMILES string of the molecule is CC1(C)[C@@H]2CC[C@@]1(C)C1(CNC(=O)O1)[C@H]2[Se]C12CCCCC1OC(=O)C2. The van der Waals surface area contributed by atoms with Gasteiger partial charge < -0.3 is 0 Å². The van der Waals surface area contributed by atoms with Crippen molar-refractivity contribution >= 4 is 27.0 Å². The maximum atomic E-state index is 12.2. The van der Waals surface area contributed by atoms with Crippen LogP contribution in [0.5, 0.6) is 0 Å². The van der Waals surface area contributed by atoms with E-state index in [1.807, 2.05) is 0 Å². The third kappa shape index (κ3) is 1.88. The first kappa shape index (κ1) is 17.4. The van der Waals surface area contributed by atoms with Gasteiger partial charge in [-0.25, -0.2) is 0 Å². The molecule has 3 unspecified atom stereocenters. The Hall–Kier alpha value is -0.741. The van der Waals surface area contributed by atoms with Crippen LogP contribution in [0.2, 0.25) is 9.13 Å². The van der Waals surface area contributed by atoms with Crippen molar-refractivity contribution in [2.45, 2.75) is 86.6 Å². The Morgan fingerprint density at radius 2 is 1.92 bits per heavy atom. The first-order chi connectivity index (χ1) is 12.2. The molecule has 3 aliphatic carbocycles. The summed E-state index contributed by atoms with van der Waals surface area (Å²) in [5.74, 6) is 0.552. The van der Waals surface area contributed by atoms with Crippen molar-refractivity contribution < 1.29 is 19.1 Å². The second-order valence-corrected chi connectivity index (χ2v) is 13.1. The Morgan fingerprint density at radius 3 is 2.65 bits per heavy atom. The van der Waals surface area contributed by atoms with Crippen molar-refractivity contribution in [2.75, 3.05) is 6.54 Å². The molecule has 5 nitrogen and oxygen atoms in total. The van der Waals surface area contributed by atoms with E-state index in [-0.39, 0.29) is 48.3 Å². The van der Waals surface area contributed by atoms with Crippen LogP contribution >= 0.6 is 0 Å². The van der Waals surface area contributed by atoms with Crippen LogP contribution in [0.25, 0.3) is 0 Å². The molecule has 0 aromatic heterocycles. The fourth-order valence-electron chi connectivity index (χ4n) is 6.97. The van der Waals surface area contributed by atoms with Crippen LogP contribution in [0, 0.1) is 16.7 Å². The topological polar surface area (TPSA) is 64.6 Å². The van der Waals surface area contributed by atoms with E-state index in [9.17, 15) is 9.59 Å². The molecule has 5 rings (SSSR count). The van der Waals surface area contributed by atoms with Gasteiger partial charge in [0.25, 0.3) is 0 Å². The number of hydrogen-bond donors (Lipinski definition) is 1. The van der Waals surface area contributed by atoms with Crippen LogP contribution in [0.3, 0.4) is 0 Å². The van der Waals surface area contributed by atoms with Gasteiger partial charge in [-0.15, -0.1) is 0 Å². The van der Waals surface area contributed by atoms with Crippen molar-refractivity contribution in [1.82, 2.24) is 5.32 Å². The Bertz CT molecular complexity index is 681. The molecule has 1 amide bonds. The maximum absolute atomic E-state index is 12.2. The molecule has 1 N–H and O–H groups in total. The quantitative estimate of drug-likeness (QED) is 0.543. The molecule has 3 saturated carbocycles. The van der Waals surface area contributed by atoms with E-state index in [0.29, 0.717) is 23.7 Å². The molecule has 0 aromatic rings. The van der Waals surface area contributed by atoms with Gasteiger partial charge in [-0.1, -0.05) is 0 Å². The van der Waals surface area contributed by atoms with Crippen molar-refractivity contribution in [2.24, 2.45) is 16.7 Å². The standard InChI is InChI=1S/C20H29NO4Se/c1-17(2)12-7-9-18(17,3)20(11-21-16(23)25-20)15(12)26-19-8-5-4-6-13(19)24-14(22)10-19/h12-13,15H,4-11H2,1-3H3,(H,21,23)/t12-,13?,15+,18-,19?,20?/m1/s1. The molecule has 5 aliphatic rings. The average molecular weight is 426 g/mol. The van der Waals surface area contributed by atoms with Gasteiger partial charge in [-0.2, -0.15) is 0 Å². The predicted molar refractivity (Wildman–Crippen MR) is 97.0 cm³/mol. The molecule has 2 aliphatic heterocycles. The van der Waals surface area contributed by atoms with Crippen LogP contribution in [0.1, 0.15) is 65.7 Å². The Balaban J connectivity index is 1.55. The molecule has 144 valence electrons. The zero-order chi connectivity index (χ0) is 18.4. The van der Waals surface area contributed by atoms with E-state index in [0.717, 1.165) is 25.7 Å². The van der Waals surface area contributed by atoms with Gasteiger partial charge in [0, 0.05) is 0 Å². The minimum atomic E-state index is -0.404. The van der Waals surface area contributed by atoms with E-state index >= 15 is 0 Å². The number of rotatable bonds is 2. The summed E-state index contributed by atoms with van der Waals surface area (Å²) >= 11 is 0.219. The fourth-order valence-corrected chi connectivity index (χ4v) is 12.2. The summed E-state index contributed by atoms with van der Waals surface area (Å²) in [4.78, 5) is 24.7. The van der Waals surface area contributed by atoms with Crippen LogP contribution in [-0.2, 0) is 14.3 Å². The van der Waals surface area contributed by atoms with E-state index in [4.69, 9.17) is 9.47 Å². The third-order valence-electron chi connectivity index (χ3n) is 8.82. The van der Waals surface area contributed by atoms with Gasteiger partial charge in [-0.05, 0) is 0 Å². The third-order valence-corrected chi connectivity index (χ3v) is 13.1. The summed E-state index contributed by atoms with van der Waals surface area (Å²) < 4.78 is 11.9. The van der Waals surface area contributed by atoms with Crippen LogP contribution < -0.4 is 5.32 Å². The number of nitrogens with one attached hydrogen (secondary N) is 1. The van der Waals surface area contributed by atoms with Crippen LogP contribution in [0.4, 0.5) is 4.79 Å². The molecule has 0 aromatic carbocycles. The summed E-state index contributed by atoms with van der Waals surface area (Å²) in [6, 6.07) is 0. The normalized spacial score (nSPS) is 51.3. The summed E-state index contributed by atoms with van der Waals surface area (Å²) in [5, 5.41) is 2.98. The molecule has 2 saturated heterocycles. The molecular weight excluding hydrogens is 397 g/mol. The van der Waals surface area contributed by atoms with Crippen LogP contribution in [-0.4, -0.2) is 45.3 Å². The van der Waals surface area contributed by atoms with Crippen molar-refractivity contribution in [3.05, 3.63) is 0 Å². The van der Waals surface area contributed by atoms with E-state index in [2.05, 4.69) is 26.1 Å². The molecule has 6 atom stereocenters. The average Bonchev–Trinajstić information content (AvgIpc) is 3.21. The van der Waals surface area contributed by atoms with Crippen molar-refractivity contribution in [1.29, 1.82) is 0 Å². The molecule has 0 radical (unpaired) electrons. The molecule has 2 bridgehead atoms. The number of ether oxygens (including phenoxy) is 2. The molecule has 1 spiro atoms. The Morgan fingerprint density at radius 1 is 1.12 bits per heavy atom. The number of amides is 1. The van der Waals surface area contributed by atoms with E-state index in [1.165, 1.54) is 12.8 Å². The second kappa shape index (κ2) is 5.20. The zero-order valence-electron chi connectivity index (χ0n) is 15.9. The number of alkyl carbamates (subject to hydrolysis) is 1. The molecule has 5 fully saturated rings. The predicted octanol–water partition coefficient (Wildman–Crippen LogP) is 3.46. The number of carbonyl (C=O) groups is 2. The van der Waals surface area contributed by atoms with Crippen molar-refractivity contribution in [3.63, 3.8) is 0 Å². The number of hydrogen-bond acceptors (Lipinski definition) is 4. The molecule has 2 heterocycles. The second-order valence-electron chi connectivity index (χ2n) is 9.84. The number of fused-ring (bicyclic) bond motifs is 4. The Labute approximate surface area is 161 Å².